The normalized spacial score (nSPS) is 18.9. The van der Waals surface area contributed by atoms with Gasteiger partial charge < -0.3 is 5.32 Å². The Morgan fingerprint density at radius 2 is 1.72 bits per heavy atom. The van der Waals surface area contributed by atoms with Crippen LogP contribution in [0.15, 0.2) is 24.3 Å². The van der Waals surface area contributed by atoms with Crippen LogP contribution in [-0.2, 0) is 0 Å². The molecule has 1 atom stereocenters. The molecule has 1 fully saturated rings. The van der Waals surface area contributed by atoms with E-state index in [1.54, 1.807) is 0 Å². The maximum Gasteiger partial charge on any atom is 0.0991 e. The zero-order valence-electron chi connectivity index (χ0n) is 11.2. The van der Waals surface area contributed by atoms with Crippen molar-refractivity contribution < 1.29 is 0 Å². The lowest BCUT2D eigenvalue weighted by atomic mass is 10.0. The molecule has 0 radical (unpaired) electrons. The van der Waals surface area contributed by atoms with Gasteiger partial charge in [0.1, 0.15) is 0 Å². The average Bonchev–Trinajstić information content (AvgIpc) is 2.67. The topological polar surface area (TPSA) is 35.8 Å². The average molecular weight is 242 g/mol. The number of nitriles is 1. The molecule has 2 rings (SSSR count). The van der Waals surface area contributed by atoms with Gasteiger partial charge in [0.2, 0.25) is 0 Å². The predicted molar refractivity (Wildman–Crippen MR) is 74.2 cm³/mol. The van der Waals surface area contributed by atoms with Crippen molar-refractivity contribution in [2.24, 2.45) is 0 Å². The highest BCUT2D eigenvalue weighted by atomic mass is 14.9. The van der Waals surface area contributed by atoms with E-state index in [1.165, 1.54) is 44.1 Å². The molecule has 1 aliphatic carbocycles. The first-order valence-electron chi connectivity index (χ1n) is 7.05. The van der Waals surface area contributed by atoms with Crippen molar-refractivity contribution in [3.05, 3.63) is 35.4 Å². The molecule has 1 unspecified atom stereocenters. The summed E-state index contributed by atoms with van der Waals surface area (Å²) in [7, 11) is 0. The largest absolute Gasteiger partial charge is 0.307 e. The fourth-order valence-corrected chi connectivity index (χ4v) is 2.74. The molecule has 1 aliphatic rings. The Balaban J connectivity index is 1.93. The third kappa shape index (κ3) is 3.58. The first kappa shape index (κ1) is 13.1. The number of benzene rings is 1. The first-order valence-corrected chi connectivity index (χ1v) is 7.05. The van der Waals surface area contributed by atoms with Crippen molar-refractivity contribution in [2.75, 3.05) is 0 Å². The van der Waals surface area contributed by atoms with Crippen LogP contribution in [0.4, 0.5) is 0 Å². The minimum absolute atomic E-state index is 0.376. The van der Waals surface area contributed by atoms with Gasteiger partial charge in [0, 0.05) is 12.1 Å². The van der Waals surface area contributed by atoms with Crippen molar-refractivity contribution >= 4 is 0 Å². The Morgan fingerprint density at radius 1 is 1.11 bits per heavy atom. The molecule has 0 aromatic heterocycles. The number of hydrogen-bond donors (Lipinski definition) is 1. The Hall–Kier alpha value is -1.33. The van der Waals surface area contributed by atoms with Crippen molar-refractivity contribution in [2.45, 2.75) is 57.5 Å². The second kappa shape index (κ2) is 6.56. The third-order valence-corrected chi connectivity index (χ3v) is 3.88. The highest BCUT2D eigenvalue weighted by molar-refractivity contribution is 5.32. The standard InChI is InChI=1S/C16H22N2/c1-13(15-10-8-14(12-17)9-11-15)18-16-6-4-2-3-5-7-16/h8-11,13,16,18H,2-7H2,1H3. The van der Waals surface area contributed by atoms with Crippen LogP contribution in [-0.4, -0.2) is 6.04 Å². The Labute approximate surface area is 110 Å². The molecule has 0 bridgehead atoms. The van der Waals surface area contributed by atoms with Crippen LogP contribution in [0.3, 0.4) is 0 Å². The van der Waals surface area contributed by atoms with Gasteiger partial charge in [-0.1, -0.05) is 37.8 Å². The van der Waals surface area contributed by atoms with E-state index in [2.05, 4.69) is 30.4 Å². The van der Waals surface area contributed by atoms with Gasteiger partial charge in [0.15, 0.2) is 0 Å². The molecule has 96 valence electrons. The number of hydrogen-bond acceptors (Lipinski definition) is 2. The summed E-state index contributed by atoms with van der Waals surface area (Å²) in [5, 5.41) is 12.5. The van der Waals surface area contributed by atoms with E-state index < -0.39 is 0 Å². The first-order chi connectivity index (χ1) is 8.79. The van der Waals surface area contributed by atoms with Crippen LogP contribution in [0, 0.1) is 11.3 Å². The second-order valence-corrected chi connectivity index (χ2v) is 5.31. The zero-order valence-corrected chi connectivity index (χ0v) is 11.2. The van der Waals surface area contributed by atoms with Crippen molar-refractivity contribution in [1.82, 2.24) is 5.32 Å². The van der Waals surface area contributed by atoms with E-state index in [0.29, 0.717) is 12.1 Å². The van der Waals surface area contributed by atoms with E-state index in [9.17, 15) is 0 Å². The summed E-state index contributed by atoms with van der Waals surface area (Å²) in [6.45, 7) is 2.21. The molecule has 18 heavy (non-hydrogen) atoms. The Kier molecular flexibility index (Phi) is 4.78. The monoisotopic (exact) mass is 242 g/mol. The number of rotatable bonds is 3. The summed E-state index contributed by atoms with van der Waals surface area (Å²) in [5.74, 6) is 0. The van der Waals surface area contributed by atoms with Gasteiger partial charge >= 0.3 is 0 Å². The number of nitrogens with zero attached hydrogens (tertiary/aromatic N) is 1. The second-order valence-electron chi connectivity index (χ2n) is 5.31. The highest BCUT2D eigenvalue weighted by Crippen LogP contribution is 2.21. The van der Waals surface area contributed by atoms with Crippen molar-refractivity contribution in [3.63, 3.8) is 0 Å². The molecule has 1 aromatic carbocycles. The maximum atomic E-state index is 8.79. The molecule has 0 spiro atoms. The summed E-state index contributed by atoms with van der Waals surface area (Å²) in [5.41, 5.74) is 2.01. The minimum Gasteiger partial charge on any atom is -0.307 e. The lowest BCUT2D eigenvalue weighted by molar-refractivity contribution is 0.414. The lowest BCUT2D eigenvalue weighted by Crippen LogP contribution is -2.31. The van der Waals surface area contributed by atoms with Crippen molar-refractivity contribution in [3.8, 4) is 6.07 Å². The smallest absolute Gasteiger partial charge is 0.0991 e. The summed E-state index contributed by atoms with van der Waals surface area (Å²) in [6, 6.07) is 11.1. The van der Waals surface area contributed by atoms with Crippen LogP contribution >= 0.6 is 0 Å². The van der Waals surface area contributed by atoms with E-state index in [0.717, 1.165) is 5.56 Å². The fourth-order valence-electron chi connectivity index (χ4n) is 2.74. The zero-order chi connectivity index (χ0) is 12.8. The van der Waals surface area contributed by atoms with E-state index in [-0.39, 0.29) is 0 Å². The van der Waals surface area contributed by atoms with Crippen LogP contribution < -0.4 is 5.32 Å². The molecular formula is C16H22N2. The van der Waals surface area contributed by atoms with E-state index >= 15 is 0 Å². The van der Waals surface area contributed by atoms with Crippen molar-refractivity contribution in [1.29, 1.82) is 5.26 Å². The third-order valence-electron chi connectivity index (χ3n) is 3.88. The van der Waals surface area contributed by atoms with Gasteiger partial charge in [-0.25, -0.2) is 0 Å². The SMILES string of the molecule is CC(NC1CCCCCC1)c1ccc(C#N)cc1. The highest BCUT2D eigenvalue weighted by Gasteiger charge is 2.15. The van der Waals surface area contributed by atoms with Gasteiger partial charge in [0.05, 0.1) is 11.6 Å². The van der Waals surface area contributed by atoms with Gasteiger partial charge in [-0.2, -0.15) is 5.26 Å². The van der Waals surface area contributed by atoms with Gasteiger partial charge in [-0.3, -0.25) is 0 Å². The molecule has 0 amide bonds. The van der Waals surface area contributed by atoms with Crippen LogP contribution in [0.25, 0.3) is 0 Å². The lowest BCUT2D eigenvalue weighted by Gasteiger charge is -2.22. The van der Waals surface area contributed by atoms with Gasteiger partial charge in [-0.15, -0.1) is 0 Å². The minimum atomic E-state index is 0.376. The van der Waals surface area contributed by atoms with E-state index in [4.69, 9.17) is 5.26 Å². The molecule has 2 heteroatoms. The summed E-state index contributed by atoms with van der Waals surface area (Å²) in [6.07, 6.45) is 8.11. The predicted octanol–water partition coefficient (Wildman–Crippen LogP) is 3.93. The molecule has 1 saturated carbocycles. The molecule has 0 aliphatic heterocycles. The molecule has 0 heterocycles. The summed E-state index contributed by atoms with van der Waals surface area (Å²) >= 11 is 0. The molecule has 1 N–H and O–H groups in total. The summed E-state index contributed by atoms with van der Waals surface area (Å²) < 4.78 is 0. The van der Waals surface area contributed by atoms with Crippen LogP contribution in [0.5, 0.6) is 0 Å². The molecule has 1 aromatic rings. The summed E-state index contributed by atoms with van der Waals surface area (Å²) in [4.78, 5) is 0. The Morgan fingerprint density at radius 3 is 2.28 bits per heavy atom. The fraction of sp³-hybridized carbons (Fsp3) is 0.562. The van der Waals surface area contributed by atoms with Gasteiger partial charge in [-0.05, 0) is 37.5 Å². The van der Waals surface area contributed by atoms with Gasteiger partial charge in [0.25, 0.3) is 0 Å². The maximum absolute atomic E-state index is 8.79. The molecular weight excluding hydrogens is 220 g/mol. The van der Waals surface area contributed by atoms with E-state index in [1.807, 2.05) is 12.1 Å². The quantitative estimate of drug-likeness (QED) is 0.815. The van der Waals surface area contributed by atoms with Crippen LogP contribution in [0.1, 0.15) is 62.6 Å². The van der Waals surface area contributed by atoms with Crippen LogP contribution in [0.2, 0.25) is 0 Å². The Bertz CT molecular complexity index is 394. The molecule has 2 nitrogen and oxygen atoms in total. The molecule has 0 saturated heterocycles. The number of nitrogens with one attached hydrogen (secondary N) is 1.